The van der Waals surface area contributed by atoms with Crippen molar-refractivity contribution in [2.75, 3.05) is 0 Å². The molecule has 0 aliphatic heterocycles. The highest BCUT2D eigenvalue weighted by atomic mass is 14.9. The summed E-state index contributed by atoms with van der Waals surface area (Å²) in [6.07, 6.45) is 5.06. The summed E-state index contributed by atoms with van der Waals surface area (Å²) in [4.78, 5) is 0. The van der Waals surface area contributed by atoms with E-state index in [9.17, 15) is 0 Å². The van der Waals surface area contributed by atoms with Crippen molar-refractivity contribution in [3.8, 4) is 0 Å². The number of nitrogens with zero attached hydrogens (tertiary/aromatic N) is 1. The zero-order chi connectivity index (χ0) is 8.84. The first-order chi connectivity index (χ1) is 6.36. The fourth-order valence-corrected chi connectivity index (χ4v) is 2.09. The highest BCUT2D eigenvalue weighted by molar-refractivity contribution is 5.84. The van der Waals surface area contributed by atoms with Gasteiger partial charge in [-0.1, -0.05) is 18.2 Å². The third-order valence-electron chi connectivity index (χ3n) is 2.94. The van der Waals surface area contributed by atoms with Gasteiger partial charge in [0.25, 0.3) is 0 Å². The monoisotopic (exact) mass is 171 g/mol. The minimum atomic E-state index is 0.853. The van der Waals surface area contributed by atoms with Crippen molar-refractivity contribution in [1.29, 1.82) is 0 Å². The Balaban J connectivity index is 2.34. The molecule has 13 heavy (non-hydrogen) atoms. The van der Waals surface area contributed by atoms with Crippen LogP contribution < -0.4 is 0 Å². The Morgan fingerprint density at radius 1 is 1.23 bits per heavy atom. The van der Waals surface area contributed by atoms with E-state index in [1.807, 2.05) is 0 Å². The van der Waals surface area contributed by atoms with E-state index >= 15 is 0 Å². The second kappa shape index (κ2) is 2.38. The summed E-state index contributed by atoms with van der Waals surface area (Å²) in [6.45, 7) is 0. The molecule has 1 heterocycles. The Morgan fingerprint density at radius 2 is 2.00 bits per heavy atom. The van der Waals surface area contributed by atoms with Crippen molar-refractivity contribution < 1.29 is 0 Å². The first-order valence-electron chi connectivity index (χ1n) is 4.90. The van der Waals surface area contributed by atoms with E-state index in [0.29, 0.717) is 0 Å². The second-order valence-electron chi connectivity index (χ2n) is 3.99. The summed E-state index contributed by atoms with van der Waals surface area (Å²) in [6, 6.07) is 8.68. The summed E-state index contributed by atoms with van der Waals surface area (Å²) in [5.74, 6) is 0.853. The van der Waals surface area contributed by atoms with E-state index in [0.717, 1.165) is 5.92 Å². The molecule has 1 aliphatic rings. The molecule has 1 aromatic carbocycles. The van der Waals surface area contributed by atoms with Crippen LogP contribution in [0.1, 0.15) is 24.3 Å². The molecular weight excluding hydrogens is 158 g/mol. The highest BCUT2D eigenvalue weighted by Gasteiger charge is 2.26. The lowest BCUT2D eigenvalue weighted by Gasteiger charge is -1.93. The van der Waals surface area contributed by atoms with Crippen LogP contribution in [0.15, 0.2) is 30.5 Å². The molecule has 0 radical (unpaired) electrons. The van der Waals surface area contributed by atoms with Crippen LogP contribution in [0.5, 0.6) is 0 Å². The first-order valence-corrected chi connectivity index (χ1v) is 4.90. The molecule has 1 heteroatoms. The van der Waals surface area contributed by atoms with Crippen LogP contribution in [0.2, 0.25) is 0 Å². The summed E-state index contributed by atoms with van der Waals surface area (Å²) in [5, 5.41) is 1.45. The molecule has 0 bridgehead atoms. The van der Waals surface area contributed by atoms with Gasteiger partial charge < -0.3 is 4.57 Å². The van der Waals surface area contributed by atoms with Gasteiger partial charge in [-0.2, -0.15) is 0 Å². The van der Waals surface area contributed by atoms with Gasteiger partial charge in [-0.05, 0) is 30.4 Å². The standard InChI is InChI=1S/C12H13N/c1-13-8-11(9-6-7-9)10-4-2-3-5-12(10)13/h2-5,8-9H,6-7H2,1H3. The van der Waals surface area contributed by atoms with E-state index in [4.69, 9.17) is 0 Å². The summed E-state index contributed by atoms with van der Waals surface area (Å²) < 4.78 is 2.24. The molecule has 1 nitrogen and oxygen atoms in total. The van der Waals surface area contributed by atoms with Crippen LogP contribution in [0, 0.1) is 0 Å². The topological polar surface area (TPSA) is 4.93 Å². The van der Waals surface area contributed by atoms with E-state index in [-0.39, 0.29) is 0 Å². The van der Waals surface area contributed by atoms with Crippen molar-refractivity contribution in [3.05, 3.63) is 36.0 Å². The van der Waals surface area contributed by atoms with Crippen LogP contribution in [0.25, 0.3) is 10.9 Å². The number of aryl methyl sites for hydroxylation is 1. The van der Waals surface area contributed by atoms with Crippen molar-refractivity contribution >= 4 is 10.9 Å². The maximum absolute atomic E-state index is 2.29. The Kier molecular flexibility index (Phi) is 1.32. The summed E-state index contributed by atoms with van der Waals surface area (Å²) in [5.41, 5.74) is 2.92. The van der Waals surface area contributed by atoms with Gasteiger partial charge in [-0.25, -0.2) is 0 Å². The van der Waals surface area contributed by atoms with Crippen LogP contribution in [0.3, 0.4) is 0 Å². The number of benzene rings is 1. The summed E-state index contributed by atoms with van der Waals surface area (Å²) >= 11 is 0. The third kappa shape index (κ3) is 0.998. The van der Waals surface area contributed by atoms with E-state index in [2.05, 4.69) is 42.1 Å². The molecule has 0 atom stereocenters. The molecule has 0 amide bonds. The van der Waals surface area contributed by atoms with Crippen LogP contribution in [0.4, 0.5) is 0 Å². The Morgan fingerprint density at radius 3 is 2.77 bits per heavy atom. The molecule has 0 saturated heterocycles. The van der Waals surface area contributed by atoms with Crippen molar-refractivity contribution in [3.63, 3.8) is 0 Å². The average molecular weight is 171 g/mol. The van der Waals surface area contributed by atoms with Gasteiger partial charge in [0.15, 0.2) is 0 Å². The third-order valence-corrected chi connectivity index (χ3v) is 2.94. The van der Waals surface area contributed by atoms with Crippen LogP contribution >= 0.6 is 0 Å². The lowest BCUT2D eigenvalue weighted by molar-refractivity contribution is 0.953. The van der Waals surface area contributed by atoms with Crippen LogP contribution in [-0.2, 0) is 7.05 Å². The van der Waals surface area contributed by atoms with Gasteiger partial charge in [0.1, 0.15) is 0 Å². The molecule has 0 spiro atoms. The predicted molar refractivity (Wildman–Crippen MR) is 54.9 cm³/mol. The van der Waals surface area contributed by atoms with E-state index in [1.165, 1.54) is 23.7 Å². The number of hydrogen-bond donors (Lipinski definition) is 0. The lowest BCUT2D eigenvalue weighted by atomic mass is 10.1. The smallest absolute Gasteiger partial charge is 0.0480 e. The summed E-state index contributed by atoms with van der Waals surface area (Å²) in [7, 11) is 2.13. The fourth-order valence-electron chi connectivity index (χ4n) is 2.09. The highest BCUT2D eigenvalue weighted by Crippen LogP contribution is 2.43. The Labute approximate surface area is 78.0 Å². The average Bonchev–Trinajstić information content (AvgIpc) is 2.94. The predicted octanol–water partition coefficient (Wildman–Crippen LogP) is 3.06. The van der Waals surface area contributed by atoms with Gasteiger partial charge in [0.05, 0.1) is 0 Å². The molecule has 1 saturated carbocycles. The molecule has 1 fully saturated rings. The number of hydrogen-bond acceptors (Lipinski definition) is 0. The second-order valence-corrected chi connectivity index (χ2v) is 3.99. The number of rotatable bonds is 1. The van der Waals surface area contributed by atoms with Crippen molar-refractivity contribution in [1.82, 2.24) is 4.57 Å². The molecule has 2 aromatic rings. The molecule has 1 aliphatic carbocycles. The van der Waals surface area contributed by atoms with Crippen LogP contribution in [-0.4, -0.2) is 4.57 Å². The molecular formula is C12H13N. The maximum atomic E-state index is 2.29. The van der Waals surface area contributed by atoms with Gasteiger partial charge in [-0.3, -0.25) is 0 Å². The maximum Gasteiger partial charge on any atom is 0.0480 e. The van der Waals surface area contributed by atoms with Gasteiger partial charge in [0, 0.05) is 24.1 Å². The van der Waals surface area contributed by atoms with Crippen molar-refractivity contribution in [2.45, 2.75) is 18.8 Å². The minimum absolute atomic E-state index is 0.853. The minimum Gasteiger partial charge on any atom is -0.350 e. The van der Waals surface area contributed by atoms with Crippen molar-refractivity contribution in [2.24, 2.45) is 7.05 Å². The first kappa shape index (κ1) is 7.19. The molecule has 3 rings (SSSR count). The molecule has 0 N–H and O–H groups in total. The zero-order valence-electron chi connectivity index (χ0n) is 7.83. The van der Waals surface area contributed by atoms with Gasteiger partial charge >= 0.3 is 0 Å². The molecule has 1 aromatic heterocycles. The SMILES string of the molecule is Cn1cc(C2CC2)c2ccccc21. The largest absolute Gasteiger partial charge is 0.350 e. The Hall–Kier alpha value is -1.24. The number of fused-ring (bicyclic) bond motifs is 1. The fraction of sp³-hybridized carbons (Fsp3) is 0.333. The normalized spacial score (nSPS) is 16.7. The molecule has 66 valence electrons. The van der Waals surface area contributed by atoms with E-state index in [1.54, 1.807) is 5.56 Å². The van der Waals surface area contributed by atoms with Gasteiger partial charge in [0.2, 0.25) is 0 Å². The Bertz CT molecular complexity index is 449. The van der Waals surface area contributed by atoms with E-state index < -0.39 is 0 Å². The number of para-hydroxylation sites is 1. The van der Waals surface area contributed by atoms with Gasteiger partial charge in [-0.15, -0.1) is 0 Å². The molecule has 0 unspecified atom stereocenters. The number of aromatic nitrogens is 1. The zero-order valence-corrected chi connectivity index (χ0v) is 7.83. The lowest BCUT2D eigenvalue weighted by Crippen LogP contribution is -1.81. The quantitative estimate of drug-likeness (QED) is 0.621.